The Balaban J connectivity index is 1.87. The Hall–Kier alpha value is -2.15. The SMILES string of the molecule is O=S(=O)(NC(=NCCc1ccccc1)c1ccccc1Cl)c1cccs1. The minimum Gasteiger partial charge on any atom is -0.267 e. The Labute approximate surface area is 162 Å². The van der Waals surface area contributed by atoms with E-state index in [2.05, 4.69) is 9.71 Å². The molecule has 0 saturated carbocycles. The van der Waals surface area contributed by atoms with Crippen molar-refractivity contribution in [3.8, 4) is 0 Å². The second-order valence-corrected chi connectivity index (χ2v) is 8.75. The first kappa shape index (κ1) is 18.6. The molecule has 26 heavy (non-hydrogen) atoms. The highest BCUT2D eigenvalue weighted by Gasteiger charge is 2.19. The minimum absolute atomic E-state index is 0.236. The topological polar surface area (TPSA) is 58.5 Å². The van der Waals surface area contributed by atoms with Crippen LogP contribution in [0.4, 0.5) is 0 Å². The number of halogens is 1. The quantitative estimate of drug-likeness (QED) is 0.490. The molecule has 0 aliphatic rings. The number of thiophene rings is 1. The van der Waals surface area contributed by atoms with E-state index in [0.29, 0.717) is 23.6 Å². The molecule has 3 rings (SSSR count). The van der Waals surface area contributed by atoms with Crippen LogP contribution in [-0.4, -0.2) is 20.8 Å². The molecule has 0 saturated heterocycles. The van der Waals surface area contributed by atoms with E-state index >= 15 is 0 Å². The Morgan fingerprint density at radius 3 is 2.42 bits per heavy atom. The summed E-state index contributed by atoms with van der Waals surface area (Å²) in [5.74, 6) is 0.250. The molecule has 4 nitrogen and oxygen atoms in total. The highest BCUT2D eigenvalue weighted by molar-refractivity contribution is 7.92. The summed E-state index contributed by atoms with van der Waals surface area (Å²) in [4.78, 5) is 4.49. The lowest BCUT2D eigenvalue weighted by atomic mass is 10.1. The number of benzene rings is 2. The predicted octanol–water partition coefficient (Wildman–Crippen LogP) is 4.37. The fourth-order valence-corrected chi connectivity index (χ4v) is 4.62. The summed E-state index contributed by atoms with van der Waals surface area (Å²) in [6.45, 7) is 0.442. The molecule has 0 aliphatic carbocycles. The Morgan fingerprint density at radius 1 is 1.00 bits per heavy atom. The van der Waals surface area contributed by atoms with Crippen molar-refractivity contribution < 1.29 is 8.42 Å². The monoisotopic (exact) mass is 404 g/mol. The molecule has 0 unspecified atom stereocenters. The first-order chi connectivity index (χ1) is 12.6. The zero-order valence-electron chi connectivity index (χ0n) is 13.8. The van der Waals surface area contributed by atoms with Gasteiger partial charge in [-0.3, -0.25) is 9.71 Å². The lowest BCUT2D eigenvalue weighted by Gasteiger charge is -2.12. The average Bonchev–Trinajstić information content (AvgIpc) is 3.18. The molecule has 0 atom stereocenters. The van der Waals surface area contributed by atoms with Crippen LogP contribution in [-0.2, 0) is 16.4 Å². The molecule has 134 valence electrons. The van der Waals surface area contributed by atoms with E-state index in [4.69, 9.17) is 11.6 Å². The molecule has 0 fully saturated rings. The third-order valence-corrected chi connectivity index (χ3v) is 6.70. The van der Waals surface area contributed by atoms with Crippen LogP contribution in [0, 0.1) is 0 Å². The van der Waals surface area contributed by atoms with Crippen LogP contribution in [0.1, 0.15) is 11.1 Å². The predicted molar refractivity (Wildman–Crippen MR) is 108 cm³/mol. The van der Waals surface area contributed by atoms with Gasteiger partial charge in [0.15, 0.2) is 0 Å². The van der Waals surface area contributed by atoms with Gasteiger partial charge in [-0.15, -0.1) is 11.3 Å². The first-order valence-electron chi connectivity index (χ1n) is 7.96. The third kappa shape index (κ3) is 4.72. The maximum Gasteiger partial charge on any atom is 0.272 e. The summed E-state index contributed by atoms with van der Waals surface area (Å²) >= 11 is 7.41. The summed E-state index contributed by atoms with van der Waals surface area (Å²) in [5, 5.41) is 2.16. The van der Waals surface area contributed by atoms with E-state index in [1.165, 1.54) is 0 Å². The molecule has 7 heteroatoms. The molecule has 1 aromatic heterocycles. The minimum atomic E-state index is -3.70. The van der Waals surface area contributed by atoms with Gasteiger partial charge in [0, 0.05) is 12.1 Å². The summed E-state index contributed by atoms with van der Waals surface area (Å²) in [6.07, 6.45) is 0.704. The van der Waals surface area contributed by atoms with E-state index in [1.54, 1.807) is 41.8 Å². The van der Waals surface area contributed by atoms with Crippen LogP contribution in [0.25, 0.3) is 0 Å². The van der Waals surface area contributed by atoms with Gasteiger partial charge in [0.1, 0.15) is 10.0 Å². The van der Waals surface area contributed by atoms with Crippen molar-refractivity contribution in [3.63, 3.8) is 0 Å². The molecular weight excluding hydrogens is 388 g/mol. The fraction of sp³-hybridized carbons (Fsp3) is 0.105. The number of nitrogens with zero attached hydrogens (tertiary/aromatic N) is 1. The van der Waals surface area contributed by atoms with Crippen molar-refractivity contribution >= 4 is 38.8 Å². The molecule has 2 aromatic carbocycles. The summed E-state index contributed by atoms with van der Waals surface area (Å²) in [7, 11) is -3.70. The molecule has 0 aliphatic heterocycles. The third-order valence-electron chi connectivity index (χ3n) is 3.63. The summed E-state index contributed by atoms with van der Waals surface area (Å²) in [5.41, 5.74) is 1.69. The molecule has 0 spiro atoms. The van der Waals surface area contributed by atoms with Crippen molar-refractivity contribution in [2.45, 2.75) is 10.6 Å². The van der Waals surface area contributed by atoms with Gasteiger partial charge in [0.2, 0.25) is 0 Å². The van der Waals surface area contributed by atoms with Crippen molar-refractivity contribution in [3.05, 3.63) is 88.3 Å². The maximum atomic E-state index is 12.6. The molecule has 0 amide bonds. The normalized spacial score (nSPS) is 12.1. The number of rotatable bonds is 6. The van der Waals surface area contributed by atoms with Gasteiger partial charge in [-0.05, 0) is 35.6 Å². The smallest absolute Gasteiger partial charge is 0.267 e. The number of sulfonamides is 1. The second-order valence-electron chi connectivity index (χ2n) is 5.48. The van der Waals surface area contributed by atoms with Gasteiger partial charge in [-0.2, -0.15) is 0 Å². The number of aliphatic imine (C=N–C) groups is 1. The molecule has 0 bridgehead atoms. The van der Waals surface area contributed by atoms with Gasteiger partial charge in [0.05, 0.1) is 5.02 Å². The zero-order chi connectivity index (χ0) is 18.4. The Morgan fingerprint density at radius 2 is 1.73 bits per heavy atom. The largest absolute Gasteiger partial charge is 0.272 e. The van der Waals surface area contributed by atoms with Crippen molar-refractivity contribution in [1.82, 2.24) is 4.72 Å². The fourth-order valence-electron chi connectivity index (χ4n) is 2.36. The Bertz CT molecular complexity index is 985. The van der Waals surface area contributed by atoms with Gasteiger partial charge in [0.25, 0.3) is 10.0 Å². The van der Waals surface area contributed by atoms with Crippen LogP contribution in [0.2, 0.25) is 5.02 Å². The lowest BCUT2D eigenvalue weighted by Crippen LogP contribution is -2.31. The van der Waals surface area contributed by atoms with Crippen LogP contribution in [0.5, 0.6) is 0 Å². The Kier molecular flexibility index (Phi) is 6.08. The summed E-state index contributed by atoms with van der Waals surface area (Å²) in [6, 6.07) is 20.2. The number of hydrogen-bond acceptors (Lipinski definition) is 4. The lowest BCUT2D eigenvalue weighted by molar-refractivity contribution is 0.594. The second kappa shape index (κ2) is 8.49. The molecule has 3 aromatic rings. The van der Waals surface area contributed by atoms with E-state index in [1.807, 2.05) is 30.3 Å². The first-order valence-corrected chi connectivity index (χ1v) is 10.7. The van der Waals surface area contributed by atoms with Crippen LogP contribution in [0.15, 0.2) is 81.3 Å². The highest BCUT2D eigenvalue weighted by atomic mass is 35.5. The molecule has 0 radical (unpaired) electrons. The van der Waals surface area contributed by atoms with Crippen molar-refractivity contribution in [2.24, 2.45) is 4.99 Å². The average molecular weight is 405 g/mol. The maximum absolute atomic E-state index is 12.6. The van der Waals surface area contributed by atoms with Crippen molar-refractivity contribution in [2.75, 3.05) is 6.54 Å². The van der Waals surface area contributed by atoms with Gasteiger partial charge >= 0.3 is 0 Å². The van der Waals surface area contributed by atoms with Crippen LogP contribution in [0.3, 0.4) is 0 Å². The molecular formula is C19H17ClN2O2S2. The van der Waals surface area contributed by atoms with Crippen molar-refractivity contribution in [1.29, 1.82) is 0 Å². The number of nitrogens with one attached hydrogen (secondary N) is 1. The van der Waals surface area contributed by atoms with Gasteiger partial charge in [-0.1, -0.05) is 60.1 Å². The summed E-state index contributed by atoms with van der Waals surface area (Å²) < 4.78 is 28.0. The van der Waals surface area contributed by atoms with E-state index in [-0.39, 0.29) is 10.0 Å². The number of amidine groups is 1. The molecule has 1 N–H and O–H groups in total. The highest BCUT2D eigenvalue weighted by Crippen LogP contribution is 2.19. The van der Waals surface area contributed by atoms with Crippen LogP contribution >= 0.6 is 22.9 Å². The van der Waals surface area contributed by atoms with Crippen LogP contribution < -0.4 is 4.72 Å². The van der Waals surface area contributed by atoms with E-state index in [9.17, 15) is 8.42 Å². The zero-order valence-corrected chi connectivity index (χ0v) is 16.2. The van der Waals surface area contributed by atoms with E-state index < -0.39 is 10.0 Å². The standard InChI is InChI=1S/C19H17ClN2O2S2/c20-17-10-5-4-9-16(17)19(21-13-12-15-7-2-1-3-8-15)22-26(23,24)18-11-6-14-25-18/h1-11,14H,12-13H2,(H,21,22). The number of hydrogen-bond donors (Lipinski definition) is 1. The molecule has 1 heterocycles. The van der Waals surface area contributed by atoms with E-state index in [0.717, 1.165) is 16.9 Å². The van der Waals surface area contributed by atoms with Gasteiger partial charge in [-0.25, -0.2) is 8.42 Å². The van der Waals surface area contributed by atoms with Gasteiger partial charge < -0.3 is 0 Å².